The Morgan fingerprint density at radius 2 is 1.65 bits per heavy atom. The second-order valence-corrected chi connectivity index (χ2v) is 10.4. The van der Waals surface area contributed by atoms with E-state index in [4.69, 9.17) is 0 Å². The molecule has 2 unspecified atom stereocenters. The Balaban J connectivity index is 1.77. The summed E-state index contributed by atoms with van der Waals surface area (Å²) in [7, 11) is 0. The molecule has 5 N–H and O–H groups in total. The molecule has 0 amide bonds. The molecule has 0 spiro atoms. The molecule has 0 aromatic carbocycles. The Morgan fingerprint density at radius 1 is 0.962 bits per heavy atom. The topological polar surface area (TPSA) is 101 Å². The van der Waals surface area contributed by atoms with E-state index in [0.29, 0.717) is 18.8 Å². The number of aliphatic hydroxyl groups is 5. The number of aliphatic hydroxyl groups excluding tert-OH is 4. The van der Waals surface area contributed by atoms with Crippen LogP contribution in [-0.4, -0.2) is 55.5 Å². The molecule has 0 aromatic heterocycles. The Kier molecular flexibility index (Phi) is 4.34. The molecule has 0 aliphatic heterocycles. The summed E-state index contributed by atoms with van der Waals surface area (Å²) >= 11 is 0. The van der Waals surface area contributed by atoms with Gasteiger partial charge in [0.2, 0.25) is 0 Å². The van der Waals surface area contributed by atoms with Gasteiger partial charge in [-0.25, -0.2) is 0 Å². The predicted octanol–water partition coefficient (Wildman–Crippen LogP) is 1.44. The van der Waals surface area contributed by atoms with Crippen molar-refractivity contribution in [2.75, 3.05) is 0 Å². The van der Waals surface area contributed by atoms with Gasteiger partial charge in [-0.2, -0.15) is 0 Å². The lowest BCUT2D eigenvalue weighted by Gasteiger charge is -2.66. The molecule has 0 radical (unpaired) electrons. The van der Waals surface area contributed by atoms with Crippen molar-refractivity contribution in [2.45, 2.75) is 95.7 Å². The lowest BCUT2D eigenvalue weighted by Crippen LogP contribution is -2.72. The first-order valence-electron chi connectivity index (χ1n) is 10.5. The van der Waals surface area contributed by atoms with Gasteiger partial charge < -0.3 is 25.5 Å². The van der Waals surface area contributed by atoms with Crippen LogP contribution in [0, 0.1) is 34.5 Å². The SMILES string of the molecule is CC(O)[C@H]1CC[C@]2(O)[C@@H]3CCC4C[C@@H](O)CC[C@]4(C)[C@H]3[C@H](O)[C@@H](O)[C@]12C. The van der Waals surface area contributed by atoms with E-state index in [1.165, 1.54) is 0 Å². The van der Waals surface area contributed by atoms with Gasteiger partial charge >= 0.3 is 0 Å². The van der Waals surface area contributed by atoms with Crippen molar-refractivity contribution in [3.8, 4) is 0 Å². The van der Waals surface area contributed by atoms with Crippen molar-refractivity contribution < 1.29 is 25.5 Å². The maximum absolute atomic E-state index is 11.9. The van der Waals surface area contributed by atoms with Gasteiger partial charge in [-0.15, -0.1) is 0 Å². The number of rotatable bonds is 1. The molecule has 5 nitrogen and oxygen atoms in total. The minimum atomic E-state index is -1.05. The first-order valence-corrected chi connectivity index (χ1v) is 10.5. The molecule has 5 heteroatoms. The number of hydrogen-bond acceptors (Lipinski definition) is 5. The van der Waals surface area contributed by atoms with E-state index in [2.05, 4.69) is 6.92 Å². The summed E-state index contributed by atoms with van der Waals surface area (Å²) < 4.78 is 0. The van der Waals surface area contributed by atoms with Gasteiger partial charge in [0.25, 0.3) is 0 Å². The Labute approximate surface area is 156 Å². The molecule has 4 aliphatic carbocycles. The van der Waals surface area contributed by atoms with Gasteiger partial charge in [-0.05, 0) is 81.0 Å². The molecule has 0 aromatic rings. The lowest BCUT2D eigenvalue weighted by molar-refractivity contribution is -0.289. The molecule has 26 heavy (non-hydrogen) atoms. The van der Waals surface area contributed by atoms with E-state index in [-0.39, 0.29) is 29.3 Å². The Morgan fingerprint density at radius 3 is 2.31 bits per heavy atom. The van der Waals surface area contributed by atoms with Crippen molar-refractivity contribution >= 4 is 0 Å². The fourth-order valence-corrected chi connectivity index (χ4v) is 8.09. The molecule has 4 fully saturated rings. The fourth-order valence-electron chi connectivity index (χ4n) is 8.09. The average Bonchev–Trinajstić information content (AvgIpc) is 2.86. The minimum Gasteiger partial charge on any atom is -0.393 e. The van der Waals surface area contributed by atoms with Crippen molar-refractivity contribution in [3.05, 3.63) is 0 Å². The van der Waals surface area contributed by atoms with E-state index >= 15 is 0 Å². The maximum Gasteiger partial charge on any atom is 0.0886 e. The second-order valence-electron chi connectivity index (χ2n) is 10.4. The Hall–Kier alpha value is -0.200. The summed E-state index contributed by atoms with van der Waals surface area (Å²) in [6.07, 6.45) is 2.51. The highest BCUT2D eigenvalue weighted by molar-refractivity contribution is 5.22. The summed E-state index contributed by atoms with van der Waals surface area (Å²) in [6.45, 7) is 5.80. The van der Waals surface area contributed by atoms with Gasteiger partial charge in [-0.3, -0.25) is 0 Å². The van der Waals surface area contributed by atoms with Gasteiger partial charge in [0, 0.05) is 5.41 Å². The molecule has 0 saturated heterocycles. The van der Waals surface area contributed by atoms with Gasteiger partial charge in [0.1, 0.15) is 0 Å². The van der Waals surface area contributed by atoms with Crippen LogP contribution >= 0.6 is 0 Å². The molecule has 4 rings (SSSR count). The van der Waals surface area contributed by atoms with E-state index in [9.17, 15) is 25.5 Å². The van der Waals surface area contributed by atoms with Gasteiger partial charge in [0.15, 0.2) is 0 Å². The molecular formula is C21H36O5. The zero-order chi connectivity index (χ0) is 19.1. The zero-order valence-corrected chi connectivity index (χ0v) is 16.3. The number of fused-ring (bicyclic) bond motifs is 5. The molecule has 0 heterocycles. The van der Waals surface area contributed by atoms with Gasteiger partial charge in [0.05, 0.1) is 30.0 Å². The van der Waals surface area contributed by atoms with Crippen LogP contribution < -0.4 is 0 Å². The van der Waals surface area contributed by atoms with Crippen LogP contribution in [0.25, 0.3) is 0 Å². The quantitative estimate of drug-likeness (QED) is 0.482. The van der Waals surface area contributed by atoms with Crippen LogP contribution in [-0.2, 0) is 0 Å². The first-order chi connectivity index (χ1) is 12.1. The third kappa shape index (κ3) is 2.15. The predicted molar refractivity (Wildman–Crippen MR) is 97.1 cm³/mol. The third-order valence-corrected chi connectivity index (χ3v) is 9.57. The fraction of sp³-hybridized carbons (Fsp3) is 1.00. The normalized spacial score (nSPS) is 60.7. The maximum atomic E-state index is 11.9. The van der Waals surface area contributed by atoms with Crippen LogP contribution in [0.5, 0.6) is 0 Å². The highest BCUT2D eigenvalue weighted by Gasteiger charge is 2.73. The average molecular weight is 369 g/mol. The summed E-state index contributed by atoms with van der Waals surface area (Å²) in [6, 6.07) is 0. The first kappa shape index (κ1) is 19.1. The monoisotopic (exact) mass is 368 g/mol. The largest absolute Gasteiger partial charge is 0.393 e. The second kappa shape index (κ2) is 5.90. The molecule has 150 valence electrons. The molecule has 4 saturated carbocycles. The van der Waals surface area contributed by atoms with E-state index in [1.807, 2.05) is 6.92 Å². The molecule has 4 aliphatic rings. The lowest BCUT2D eigenvalue weighted by atomic mass is 9.41. The van der Waals surface area contributed by atoms with E-state index < -0.39 is 29.3 Å². The van der Waals surface area contributed by atoms with Crippen molar-refractivity contribution in [2.24, 2.45) is 34.5 Å². The third-order valence-electron chi connectivity index (χ3n) is 9.57. The van der Waals surface area contributed by atoms with Gasteiger partial charge in [-0.1, -0.05) is 13.8 Å². The van der Waals surface area contributed by atoms with Crippen molar-refractivity contribution in [3.63, 3.8) is 0 Å². The number of hydrogen-bond donors (Lipinski definition) is 5. The van der Waals surface area contributed by atoms with Crippen LogP contribution in [0.1, 0.15) is 65.7 Å². The van der Waals surface area contributed by atoms with Crippen LogP contribution in [0.3, 0.4) is 0 Å². The van der Waals surface area contributed by atoms with Crippen LogP contribution in [0.4, 0.5) is 0 Å². The summed E-state index contributed by atoms with van der Waals surface area (Å²) in [4.78, 5) is 0. The summed E-state index contributed by atoms with van der Waals surface area (Å²) in [5.41, 5.74) is -2.11. The molecule has 11 atom stereocenters. The van der Waals surface area contributed by atoms with Crippen LogP contribution in [0.2, 0.25) is 0 Å². The smallest absolute Gasteiger partial charge is 0.0886 e. The zero-order valence-electron chi connectivity index (χ0n) is 16.3. The van der Waals surface area contributed by atoms with Crippen molar-refractivity contribution in [1.82, 2.24) is 0 Å². The van der Waals surface area contributed by atoms with E-state index in [1.54, 1.807) is 6.92 Å². The summed E-state index contributed by atoms with van der Waals surface area (Å²) in [5, 5.41) is 54.8. The van der Waals surface area contributed by atoms with E-state index in [0.717, 1.165) is 32.1 Å². The highest BCUT2D eigenvalue weighted by Crippen LogP contribution is 2.69. The molecular weight excluding hydrogens is 332 g/mol. The minimum absolute atomic E-state index is 0.0638. The summed E-state index contributed by atoms with van der Waals surface area (Å²) in [5.74, 6) is -0.103. The molecule has 0 bridgehead atoms. The highest BCUT2D eigenvalue weighted by atomic mass is 16.3. The standard InChI is InChI=1S/C21H36O5/c1-11(22)14-7-9-21(26)15-5-4-12-10-13(23)6-8-19(12,2)16(15)17(24)18(25)20(14,21)3/h11-18,22-26H,4-10H2,1-3H3/t11?,12?,13-,14+,15+,16+,17-,18+,19-,20-,21-/m0/s1. The van der Waals surface area contributed by atoms with Crippen LogP contribution in [0.15, 0.2) is 0 Å². The van der Waals surface area contributed by atoms with Crippen molar-refractivity contribution in [1.29, 1.82) is 0 Å². The Bertz CT molecular complexity index is 567.